The van der Waals surface area contributed by atoms with E-state index < -0.39 is 0 Å². The van der Waals surface area contributed by atoms with Gasteiger partial charge in [-0.2, -0.15) is 0 Å². The second-order valence-electron chi connectivity index (χ2n) is 3.36. The Morgan fingerprint density at radius 2 is 2.00 bits per heavy atom. The van der Waals surface area contributed by atoms with Crippen LogP contribution in [0.5, 0.6) is 5.75 Å². The number of ether oxygens (including phenoxy) is 1. The molecule has 0 saturated heterocycles. The molecule has 0 aliphatic carbocycles. The van der Waals surface area contributed by atoms with Gasteiger partial charge in [0.1, 0.15) is 5.75 Å². The van der Waals surface area contributed by atoms with Gasteiger partial charge in [0.25, 0.3) is 0 Å². The van der Waals surface area contributed by atoms with Crippen LogP contribution in [-0.2, 0) is 0 Å². The van der Waals surface area contributed by atoms with Gasteiger partial charge in [-0.3, -0.25) is 0 Å². The zero-order chi connectivity index (χ0) is 10.7. The Hall–Kier alpha value is -0.540. The first-order chi connectivity index (χ1) is 6.60. The van der Waals surface area contributed by atoms with Crippen LogP contribution in [0.1, 0.15) is 21.6 Å². The fourth-order valence-electron chi connectivity index (χ4n) is 1.61. The summed E-state index contributed by atoms with van der Waals surface area (Å²) in [6, 6.07) is 4.25. The summed E-state index contributed by atoms with van der Waals surface area (Å²) in [5, 5.41) is 3.15. The van der Waals surface area contributed by atoms with Crippen LogP contribution in [0.4, 0.5) is 0 Å². The first-order valence-electron chi connectivity index (χ1n) is 4.56. The molecule has 1 N–H and O–H groups in total. The topological polar surface area (TPSA) is 21.3 Å². The van der Waals surface area contributed by atoms with E-state index in [1.54, 1.807) is 7.11 Å². The summed E-state index contributed by atoms with van der Waals surface area (Å²) in [6.07, 6.45) is 0. The Labute approximate surface area is 93.8 Å². The van der Waals surface area contributed by atoms with Crippen molar-refractivity contribution in [2.24, 2.45) is 0 Å². The van der Waals surface area contributed by atoms with E-state index in [1.165, 1.54) is 11.1 Å². The molecule has 0 radical (unpaired) electrons. The lowest BCUT2D eigenvalue weighted by Gasteiger charge is -2.16. The number of alkyl halides is 1. The summed E-state index contributed by atoms with van der Waals surface area (Å²) in [4.78, 5) is 0.135. The maximum Gasteiger partial charge on any atom is 0.127 e. The molecule has 1 aromatic rings. The van der Waals surface area contributed by atoms with Crippen LogP contribution in [-0.4, -0.2) is 14.2 Å². The van der Waals surface area contributed by atoms with Gasteiger partial charge in [0.05, 0.1) is 12.1 Å². The molecule has 0 bridgehead atoms. The smallest absolute Gasteiger partial charge is 0.127 e. The molecule has 1 unspecified atom stereocenters. The average Bonchev–Trinajstić information content (AvgIpc) is 2.15. The highest BCUT2D eigenvalue weighted by Crippen LogP contribution is 2.32. The summed E-state index contributed by atoms with van der Waals surface area (Å²) < 4.78 is 5.38. The Balaban J connectivity index is 3.24. The number of halogens is 1. The molecule has 1 rings (SSSR count). The lowest BCUT2D eigenvalue weighted by molar-refractivity contribution is 0.405. The second-order valence-corrected chi connectivity index (χ2v) is 4.27. The van der Waals surface area contributed by atoms with Crippen molar-refractivity contribution < 1.29 is 4.74 Å². The van der Waals surface area contributed by atoms with Gasteiger partial charge in [0, 0.05) is 5.56 Å². The van der Waals surface area contributed by atoms with Crippen LogP contribution in [0, 0.1) is 13.8 Å². The van der Waals surface area contributed by atoms with Crippen LogP contribution in [0.25, 0.3) is 0 Å². The lowest BCUT2D eigenvalue weighted by atomic mass is 10.1. The minimum absolute atomic E-state index is 0.135. The monoisotopic (exact) mass is 257 g/mol. The molecular weight excluding hydrogens is 242 g/mol. The third-order valence-corrected chi connectivity index (χ3v) is 3.13. The zero-order valence-electron chi connectivity index (χ0n) is 9.02. The average molecular weight is 258 g/mol. The molecule has 0 amide bonds. The molecule has 0 aliphatic rings. The highest BCUT2D eigenvalue weighted by molar-refractivity contribution is 9.09. The highest BCUT2D eigenvalue weighted by Gasteiger charge is 2.13. The highest BCUT2D eigenvalue weighted by atomic mass is 79.9. The summed E-state index contributed by atoms with van der Waals surface area (Å²) >= 11 is 3.55. The van der Waals surface area contributed by atoms with Gasteiger partial charge in [0.15, 0.2) is 0 Å². The molecule has 0 saturated carbocycles. The van der Waals surface area contributed by atoms with Crippen molar-refractivity contribution in [2.75, 3.05) is 14.2 Å². The van der Waals surface area contributed by atoms with Crippen molar-refractivity contribution >= 4 is 15.9 Å². The van der Waals surface area contributed by atoms with Crippen molar-refractivity contribution in [2.45, 2.75) is 18.8 Å². The zero-order valence-corrected chi connectivity index (χ0v) is 10.6. The largest absolute Gasteiger partial charge is 0.496 e. The first-order valence-corrected chi connectivity index (χ1v) is 5.48. The molecule has 14 heavy (non-hydrogen) atoms. The normalized spacial score (nSPS) is 12.6. The van der Waals surface area contributed by atoms with Crippen molar-refractivity contribution in [1.29, 1.82) is 0 Å². The van der Waals surface area contributed by atoms with Crippen LogP contribution < -0.4 is 10.1 Å². The molecule has 0 spiro atoms. The Morgan fingerprint density at radius 3 is 2.50 bits per heavy atom. The fraction of sp³-hybridized carbons (Fsp3) is 0.455. The van der Waals surface area contributed by atoms with Gasteiger partial charge in [-0.05, 0) is 32.5 Å². The van der Waals surface area contributed by atoms with Gasteiger partial charge < -0.3 is 10.1 Å². The van der Waals surface area contributed by atoms with E-state index in [2.05, 4.69) is 47.2 Å². The maximum absolute atomic E-state index is 5.38. The van der Waals surface area contributed by atoms with Crippen LogP contribution in [0.15, 0.2) is 12.1 Å². The number of benzene rings is 1. The summed E-state index contributed by atoms with van der Waals surface area (Å²) in [6.45, 7) is 4.15. The fourth-order valence-corrected chi connectivity index (χ4v) is 1.95. The lowest BCUT2D eigenvalue weighted by Crippen LogP contribution is -2.11. The Morgan fingerprint density at radius 1 is 1.36 bits per heavy atom. The minimum atomic E-state index is 0.135. The molecule has 2 nitrogen and oxygen atoms in total. The number of aryl methyl sites for hydroxylation is 2. The molecule has 0 heterocycles. The molecule has 1 aromatic carbocycles. The summed E-state index contributed by atoms with van der Waals surface area (Å²) in [7, 11) is 3.62. The summed E-state index contributed by atoms with van der Waals surface area (Å²) in [5.41, 5.74) is 3.56. The maximum atomic E-state index is 5.38. The standard InChI is InChI=1S/C11H16BrNO/c1-7-5-8(2)10(14-4)9(6-7)11(12)13-3/h5-6,11,13H,1-4H3. The van der Waals surface area contributed by atoms with E-state index in [4.69, 9.17) is 4.74 Å². The molecule has 0 aliphatic heterocycles. The molecule has 0 aromatic heterocycles. The SMILES string of the molecule is CNC(Br)c1cc(C)cc(C)c1OC. The summed E-state index contributed by atoms with van der Waals surface area (Å²) in [5.74, 6) is 0.951. The van der Waals surface area contributed by atoms with E-state index in [0.29, 0.717) is 0 Å². The predicted octanol–water partition coefficient (Wildman–Crippen LogP) is 2.92. The molecule has 3 heteroatoms. The Bertz CT molecular complexity index is 325. The predicted molar refractivity (Wildman–Crippen MR) is 63.2 cm³/mol. The molecule has 1 atom stereocenters. The minimum Gasteiger partial charge on any atom is -0.496 e. The molecular formula is C11H16BrNO. The van der Waals surface area contributed by atoms with Crippen LogP contribution >= 0.6 is 15.9 Å². The van der Waals surface area contributed by atoms with Crippen molar-refractivity contribution in [3.8, 4) is 5.75 Å². The molecule has 0 fully saturated rings. The van der Waals surface area contributed by atoms with E-state index in [1.807, 2.05) is 7.05 Å². The quantitative estimate of drug-likeness (QED) is 0.664. The number of methoxy groups -OCH3 is 1. The van der Waals surface area contributed by atoms with Gasteiger partial charge in [0.2, 0.25) is 0 Å². The number of rotatable bonds is 3. The second kappa shape index (κ2) is 4.80. The van der Waals surface area contributed by atoms with E-state index in [-0.39, 0.29) is 4.95 Å². The molecule has 78 valence electrons. The van der Waals surface area contributed by atoms with E-state index in [9.17, 15) is 0 Å². The van der Waals surface area contributed by atoms with Gasteiger partial charge in [-0.15, -0.1) is 0 Å². The van der Waals surface area contributed by atoms with Crippen molar-refractivity contribution in [1.82, 2.24) is 5.32 Å². The first kappa shape index (κ1) is 11.5. The van der Waals surface area contributed by atoms with Crippen LogP contribution in [0.3, 0.4) is 0 Å². The Kier molecular flexibility index (Phi) is 3.96. The number of nitrogens with one attached hydrogen (secondary N) is 1. The van der Waals surface area contributed by atoms with Crippen molar-refractivity contribution in [3.05, 3.63) is 28.8 Å². The van der Waals surface area contributed by atoms with Gasteiger partial charge in [-0.25, -0.2) is 0 Å². The third kappa shape index (κ3) is 2.28. The van der Waals surface area contributed by atoms with Crippen molar-refractivity contribution in [3.63, 3.8) is 0 Å². The van der Waals surface area contributed by atoms with Gasteiger partial charge >= 0.3 is 0 Å². The van der Waals surface area contributed by atoms with E-state index in [0.717, 1.165) is 11.3 Å². The number of hydrogen-bond acceptors (Lipinski definition) is 2. The number of hydrogen-bond donors (Lipinski definition) is 1. The van der Waals surface area contributed by atoms with Gasteiger partial charge in [-0.1, -0.05) is 27.6 Å². The van der Waals surface area contributed by atoms with Crippen LogP contribution in [0.2, 0.25) is 0 Å². The third-order valence-electron chi connectivity index (χ3n) is 2.18. The van der Waals surface area contributed by atoms with E-state index >= 15 is 0 Å².